The number of anilines is 2. The second-order valence-corrected chi connectivity index (χ2v) is 13.3. The van der Waals surface area contributed by atoms with Crippen molar-refractivity contribution in [2.24, 2.45) is 11.8 Å². The molecule has 0 amide bonds. The molecule has 2 aliphatic heterocycles. The predicted molar refractivity (Wildman–Crippen MR) is 171 cm³/mol. The van der Waals surface area contributed by atoms with Crippen LogP contribution in [0.3, 0.4) is 0 Å². The zero-order valence-electron chi connectivity index (χ0n) is 24.2. The first kappa shape index (κ1) is 27.6. The van der Waals surface area contributed by atoms with Gasteiger partial charge in [0.15, 0.2) is 5.11 Å². The molecule has 1 aromatic carbocycles. The Morgan fingerprint density at radius 1 is 0.975 bits per heavy atom. The van der Waals surface area contributed by atoms with Gasteiger partial charge in [-0.1, -0.05) is 50.8 Å². The summed E-state index contributed by atoms with van der Waals surface area (Å²) in [5, 5.41) is 5.15. The maximum absolute atomic E-state index is 7.05. The molecule has 0 unspecified atom stereocenters. The Kier molecular flexibility index (Phi) is 7.84. The van der Waals surface area contributed by atoms with E-state index in [1.807, 2.05) is 12.3 Å². The van der Waals surface area contributed by atoms with E-state index in [9.17, 15) is 0 Å². The zero-order valence-corrected chi connectivity index (χ0v) is 25.8. The molecule has 3 aromatic rings. The third-order valence-electron chi connectivity index (χ3n) is 9.30. The minimum Gasteiger partial charge on any atom is -0.370 e. The molecular formula is C33H42ClN5S. The van der Waals surface area contributed by atoms with Gasteiger partial charge in [-0.3, -0.25) is 4.98 Å². The molecule has 212 valence electrons. The molecule has 3 fully saturated rings. The van der Waals surface area contributed by atoms with E-state index in [0.29, 0.717) is 23.0 Å². The fourth-order valence-corrected chi connectivity index (χ4v) is 8.35. The van der Waals surface area contributed by atoms with Gasteiger partial charge >= 0.3 is 0 Å². The molecule has 6 rings (SSSR count). The molecule has 7 heteroatoms. The van der Waals surface area contributed by atoms with Crippen LogP contribution in [0.15, 0.2) is 48.7 Å². The van der Waals surface area contributed by atoms with E-state index >= 15 is 0 Å². The second-order valence-electron chi connectivity index (χ2n) is 12.5. The molecular weight excluding hydrogens is 534 g/mol. The van der Waals surface area contributed by atoms with Gasteiger partial charge in [-0.2, -0.15) is 0 Å². The maximum Gasteiger partial charge on any atom is 0.174 e. The summed E-state index contributed by atoms with van der Waals surface area (Å²) in [5.74, 6) is 1.33. The minimum absolute atomic E-state index is 0.0251. The van der Waals surface area contributed by atoms with Crippen molar-refractivity contribution in [3.63, 3.8) is 0 Å². The Morgan fingerprint density at radius 2 is 1.73 bits per heavy atom. The SMILES string of the molecule is Cc1cc([C@H]2[C@H](c3ccccn3)NC(=S)N2c2ccc(N3C[C@H](C)C[C@H](C)C3)c(Cl)c2)c(C)n1C1CCCCC1. The summed E-state index contributed by atoms with van der Waals surface area (Å²) >= 11 is 13.1. The van der Waals surface area contributed by atoms with Crippen molar-refractivity contribution < 1.29 is 0 Å². The summed E-state index contributed by atoms with van der Waals surface area (Å²) in [6.45, 7) is 11.3. The number of nitrogens with one attached hydrogen (secondary N) is 1. The highest BCUT2D eigenvalue weighted by Crippen LogP contribution is 2.46. The summed E-state index contributed by atoms with van der Waals surface area (Å²) in [7, 11) is 0. The molecule has 4 atom stereocenters. The van der Waals surface area contributed by atoms with Crippen LogP contribution in [0.1, 0.15) is 93.1 Å². The molecule has 0 spiro atoms. The van der Waals surface area contributed by atoms with Gasteiger partial charge in [0, 0.05) is 42.4 Å². The van der Waals surface area contributed by atoms with Crippen LogP contribution in [0, 0.1) is 25.7 Å². The van der Waals surface area contributed by atoms with E-state index in [0.717, 1.165) is 35.2 Å². The average Bonchev–Trinajstić information content (AvgIpc) is 3.43. The van der Waals surface area contributed by atoms with Crippen molar-refractivity contribution in [2.75, 3.05) is 22.9 Å². The standard InChI is InChI=1S/C33H42ClN5S/c1-21-16-22(2)20-37(19-21)30-14-13-26(18-28(30)34)39-32(31(36-33(39)40)29-12-8-9-15-35-29)27-17-23(3)38(24(27)4)25-10-6-5-7-11-25/h8-9,12-15,17-18,21-22,25,31-32H,5-7,10-11,16,19-20H2,1-4H3,(H,36,40)/t21-,22+,31-,32-/m0/s1. The van der Waals surface area contributed by atoms with E-state index in [-0.39, 0.29) is 12.1 Å². The monoisotopic (exact) mass is 575 g/mol. The van der Waals surface area contributed by atoms with Gasteiger partial charge < -0.3 is 19.7 Å². The van der Waals surface area contributed by atoms with Gasteiger partial charge in [-0.05, 0) is 99.1 Å². The first-order chi connectivity index (χ1) is 19.3. The molecule has 40 heavy (non-hydrogen) atoms. The summed E-state index contributed by atoms with van der Waals surface area (Å²) < 4.78 is 2.60. The van der Waals surface area contributed by atoms with Crippen LogP contribution in [-0.4, -0.2) is 27.8 Å². The number of piperidine rings is 1. The van der Waals surface area contributed by atoms with Crippen LogP contribution in [0.25, 0.3) is 0 Å². The third-order valence-corrected chi connectivity index (χ3v) is 9.92. The van der Waals surface area contributed by atoms with Gasteiger partial charge in [-0.15, -0.1) is 0 Å². The molecule has 2 aromatic heterocycles. The highest BCUT2D eigenvalue weighted by atomic mass is 35.5. The van der Waals surface area contributed by atoms with Crippen LogP contribution in [-0.2, 0) is 0 Å². The highest BCUT2D eigenvalue weighted by Gasteiger charge is 2.42. The summed E-state index contributed by atoms with van der Waals surface area (Å²) in [6, 6.07) is 15.5. The lowest BCUT2D eigenvalue weighted by molar-refractivity contribution is 0.345. The number of hydrogen-bond acceptors (Lipinski definition) is 3. The predicted octanol–water partition coefficient (Wildman–Crippen LogP) is 8.32. The van der Waals surface area contributed by atoms with Gasteiger partial charge in [0.05, 0.1) is 28.5 Å². The fraction of sp³-hybridized carbons (Fsp3) is 0.515. The number of thiocarbonyl (C=S) groups is 1. The molecule has 0 radical (unpaired) electrons. The summed E-state index contributed by atoms with van der Waals surface area (Å²) in [4.78, 5) is 9.50. The molecule has 3 aliphatic rings. The molecule has 1 aliphatic carbocycles. The lowest BCUT2D eigenvalue weighted by Gasteiger charge is -2.37. The van der Waals surface area contributed by atoms with Crippen LogP contribution >= 0.6 is 23.8 Å². The fourth-order valence-electron chi connectivity index (χ4n) is 7.71. The van der Waals surface area contributed by atoms with Crippen molar-refractivity contribution in [1.29, 1.82) is 0 Å². The third kappa shape index (κ3) is 5.14. The van der Waals surface area contributed by atoms with Gasteiger partial charge in [0.25, 0.3) is 0 Å². The van der Waals surface area contributed by atoms with Crippen LogP contribution in [0.4, 0.5) is 11.4 Å². The second kappa shape index (κ2) is 11.4. The van der Waals surface area contributed by atoms with Gasteiger partial charge in [-0.25, -0.2) is 0 Å². The van der Waals surface area contributed by atoms with Crippen molar-refractivity contribution in [3.05, 3.63) is 76.3 Å². The first-order valence-electron chi connectivity index (χ1n) is 15.0. The number of benzene rings is 1. The number of rotatable bonds is 5. The van der Waals surface area contributed by atoms with Gasteiger partial charge in [0.1, 0.15) is 0 Å². The normalized spacial score (nSPS) is 25.9. The Bertz CT molecular complexity index is 1350. The van der Waals surface area contributed by atoms with Gasteiger partial charge in [0.2, 0.25) is 0 Å². The lowest BCUT2D eigenvalue weighted by atomic mass is 9.91. The minimum atomic E-state index is -0.0590. The lowest BCUT2D eigenvalue weighted by Crippen LogP contribution is -2.38. The Balaban J connectivity index is 1.41. The number of pyridine rings is 1. The summed E-state index contributed by atoms with van der Waals surface area (Å²) in [5.41, 5.74) is 7.12. The smallest absolute Gasteiger partial charge is 0.174 e. The molecule has 4 heterocycles. The highest BCUT2D eigenvalue weighted by molar-refractivity contribution is 7.80. The van der Waals surface area contributed by atoms with Crippen molar-refractivity contribution in [1.82, 2.24) is 14.9 Å². The van der Waals surface area contributed by atoms with E-state index in [1.54, 1.807) is 0 Å². The first-order valence-corrected chi connectivity index (χ1v) is 15.8. The summed E-state index contributed by atoms with van der Waals surface area (Å²) in [6.07, 6.45) is 9.64. The number of nitrogens with zero attached hydrogens (tertiary/aromatic N) is 4. The van der Waals surface area contributed by atoms with Crippen molar-refractivity contribution in [2.45, 2.75) is 84.3 Å². The van der Waals surface area contributed by atoms with Crippen LogP contribution in [0.2, 0.25) is 5.02 Å². The number of halogens is 1. The molecule has 1 saturated carbocycles. The van der Waals surface area contributed by atoms with Crippen molar-refractivity contribution in [3.8, 4) is 0 Å². The molecule has 1 N–H and O–H groups in total. The topological polar surface area (TPSA) is 36.3 Å². The Hall–Kier alpha value is -2.57. The molecule has 0 bridgehead atoms. The molecule has 2 saturated heterocycles. The maximum atomic E-state index is 7.05. The average molecular weight is 576 g/mol. The number of aryl methyl sites for hydroxylation is 1. The zero-order chi connectivity index (χ0) is 28.0. The van der Waals surface area contributed by atoms with E-state index in [2.05, 4.69) is 83.8 Å². The Labute approximate surface area is 249 Å². The Morgan fingerprint density at radius 3 is 2.40 bits per heavy atom. The number of hydrogen-bond donors (Lipinski definition) is 1. The van der Waals surface area contributed by atoms with Crippen molar-refractivity contribution >= 4 is 40.3 Å². The van der Waals surface area contributed by atoms with E-state index < -0.39 is 0 Å². The van der Waals surface area contributed by atoms with E-state index in [1.165, 1.54) is 55.5 Å². The number of aromatic nitrogens is 2. The van der Waals surface area contributed by atoms with Crippen LogP contribution in [0.5, 0.6) is 0 Å². The van der Waals surface area contributed by atoms with E-state index in [4.69, 9.17) is 28.8 Å². The molecule has 5 nitrogen and oxygen atoms in total. The largest absolute Gasteiger partial charge is 0.370 e. The quantitative estimate of drug-likeness (QED) is 0.309. The van der Waals surface area contributed by atoms with Crippen LogP contribution < -0.4 is 15.1 Å².